The molecule has 0 spiro atoms. The molecule has 0 aliphatic heterocycles. The zero-order valence-electron chi connectivity index (χ0n) is 14.6. The fourth-order valence-corrected chi connectivity index (χ4v) is 1.65. The number of anilines is 2. The molecule has 0 unspecified atom stereocenters. The van der Waals surface area contributed by atoms with E-state index in [9.17, 15) is 4.79 Å². The molecule has 9 heteroatoms. The molecule has 0 saturated heterocycles. The molecule has 1 rings (SSSR count). The summed E-state index contributed by atoms with van der Waals surface area (Å²) in [6, 6.07) is -0.397. The van der Waals surface area contributed by atoms with Crippen molar-refractivity contribution < 1.29 is 9.90 Å². The molecule has 1 aromatic rings. The Bertz CT molecular complexity index is 484. The predicted molar refractivity (Wildman–Crippen MR) is 95.0 cm³/mol. The lowest BCUT2D eigenvalue weighted by molar-refractivity contribution is -0.139. The second-order valence-electron chi connectivity index (χ2n) is 5.41. The van der Waals surface area contributed by atoms with E-state index < -0.39 is 12.0 Å². The first kappa shape index (κ1) is 21.4. The van der Waals surface area contributed by atoms with Crippen LogP contribution in [0.3, 0.4) is 0 Å². The molecule has 23 heavy (non-hydrogen) atoms. The molecule has 0 radical (unpaired) electrons. The third-order valence-electron chi connectivity index (χ3n) is 2.55. The van der Waals surface area contributed by atoms with Gasteiger partial charge in [0.1, 0.15) is 6.04 Å². The second-order valence-corrected chi connectivity index (χ2v) is 6.18. The number of aliphatic carboxylic acids is 1. The van der Waals surface area contributed by atoms with Gasteiger partial charge >= 0.3 is 5.97 Å². The highest BCUT2D eigenvalue weighted by Crippen LogP contribution is 2.13. The summed E-state index contributed by atoms with van der Waals surface area (Å²) in [6.07, 6.45) is 1.95. The molecule has 5 N–H and O–H groups in total. The summed E-state index contributed by atoms with van der Waals surface area (Å²) in [5.41, 5.74) is 5.16. The van der Waals surface area contributed by atoms with Gasteiger partial charge in [-0.3, -0.25) is 4.79 Å². The summed E-state index contributed by atoms with van der Waals surface area (Å²) < 4.78 is 0. The van der Waals surface area contributed by atoms with Crippen molar-refractivity contribution in [2.75, 3.05) is 23.4 Å². The highest BCUT2D eigenvalue weighted by Gasteiger charge is 2.14. The van der Waals surface area contributed by atoms with Crippen molar-refractivity contribution in [3.05, 3.63) is 0 Å². The van der Waals surface area contributed by atoms with Crippen LogP contribution in [0.2, 0.25) is 0 Å². The monoisotopic (exact) mass is 344 g/mol. The first-order valence-electron chi connectivity index (χ1n) is 7.50. The molecule has 132 valence electrons. The van der Waals surface area contributed by atoms with Gasteiger partial charge in [0.05, 0.1) is 0 Å². The van der Waals surface area contributed by atoms with Crippen LogP contribution in [0.15, 0.2) is 5.16 Å². The van der Waals surface area contributed by atoms with Crippen LogP contribution >= 0.6 is 11.8 Å². The van der Waals surface area contributed by atoms with Crippen molar-refractivity contribution in [3.8, 4) is 0 Å². The quantitative estimate of drug-likeness (QED) is 0.548. The highest BCUT2D eigenvalue weighted by atomic mass is 32.2. The van der Waals surface area contributed by atoms with Gasteiger partial charge in [-0.15, -0.1) is 0 Å². The Kier molecular flexibility index (Phi) is 10.2. The second kappa shape index (κ2) is 11.0. The maximum atomic E-state index is 10.0. The van der Waals surface area contributed by atoms with Crippen LogP contribution in [0.4, 0.5) is 11.9 Å². The molecule has 1 atom stereocenters. The van der Waals surface area contributed by atoms with E-state index in [4.69, 9.17) is 10.8 Å². The molecule has 0 saturated carbocycles. The number of carboxylic acids is 1. The van der Waals surface area contributed by atoms with Crippen molar-refractivity contribution in [1.82, 2.24) is 15.0 Å². The standard InChI is InChI=1S/C9H17N5S.C5H11NO2/c1-5-10-7-12-8(11-6(2)3)14-9(13-7)15-4;1-3(2)4(6)5(7)8/h6H,5H2,1-4H3,(H2,10,11,12,13,14);3-4H,6H2,1-2H3,(H,7,8)/t;4-/m.0/s1. The maximum Gasteiger partial charge on any atom is 0.320 e. The molecule has 0 bridgehead atoms. The van der Waals surface area contributed by atoms with Gasteiger partial charge in [-0.1, -0.05) is 25.6 Å². The highest BCUT2D eigenvalue weighted by molar-refractivity contribution is 7.98. The third-order valence-corrected chi connectivity index (χ3v) is 3.10. The van der Waals surface area contributed by atoms with Crippen molar-refractivity contribution in [3.63, 3.8) is 0 Å². The van der Waals surface area contributed by atoms with E-state index in [1.54, 1.807) is 13.8 Å². The minimum Gasteiger partial charge on any atom is -0.480 e. The number of carbonyl (C=O) groups is 1. The molecule has 0 aromatic carbocycles. The van der Waals surface area contributed by atoms with E-state index in [1.807, 2.05) is 13.2 Å². The molecule has 1 heterocycles. The summed E-state index contributed by atoms with van der Waals surface area (Å²) in [7, 11) is 0. The van der Waals surface area contributed by atoms with Crippen LogP contribution in [0, 0.1) is 5.92 Å². The minimum atomic E-state index is -0.931. The fourth-order valence-electron chi connectivity index (χ4n) is 1.29. The number of nitrogens with zero attached hydrogens (tertiary/aromatic N) is 3. The predicted octanol–water partition coefficient (Wildman–Crippen LogP) is 1.90. The number of nitrogens with two attached hydrogens (primary N) is 1. The molecule has 8 nitrogen and oxygen atoms in total. The van der Waals surface area contributed by atoms with Crippen LogP contribution < -0.4 is 16.4 Å². The molecular weight excluding hydrogens is 316 g/mol. The number of thioether (sulfide) groups is 1. The van der Waals surface area contributed by atoms with E-state index in [0.717, 1.165) is 11.7 Å². The number of carboxylic acid groups (broad SMARTS) is 1. The fraction of sp³-hybridized carbons (Fsp3) is 0.714. The van der Waals surface area contributed by atoms with Gasteiger partial charge < -0.3 is 21.5 Å². The van der Waals surface area contributed by atoms with Crippen molar-refractivity contribution in [2.24, 2.45) is 11.7 Å². The lowest BCUT2D eigenvalue weighted by atomic mass is 10.1. The molecule has 1 aromatic heterocycles. The van der Waals surface area contributed by atoms with E-state index >= 15 is 0 Å². The smallest absolute Gasteiger partial charge is 0.320 e. The Balaban J connectivity index is 0.000000515. The van der Waals surface area contributed by atoms with Crippen LogP contribution in [-0.2, 0) is 4.79 Å². The summed E-state index contributed by atoms with van der Waals surface area (Å²) in [6.45, 7) is 10.5. The average Bonchev–Trinajstić information content (AvgIpc) is 2.46. The Morgan fingerprint density at radius 1 is 1.22 bits per heavy atom. The normalized spacial score (nSPS) is 11.7. The first-order valence-corrected chi connectivity index (χ1v) is 8.72. The van der Waals surface area contributed by atoms with E-state index in [-0.39, 0.29) is 5.92 Å². The number of hydrogen-bond acceptors (Lipinski definition) is 8. The molecular formula is C14H28N6O2S. The largest absolute Gasteiger partial charge is 0.480 e. The van der Waals surface area contributed by atoms with Gasteiger partial charge in [-0.25, -0.2) is 0 Å². The Morgan fingerprint density at radius 2 is 1.78 bits per heavy atom. The lowest BCUT2D eigenvalue weighted by Crippen LogP contribution is -2.34. The van der Waals surface area contributed by atoms with Crippen molar-refractivity contribution >= 4 is 29.6 Å². The molecule has 0 fully saturated rings. The van der Waals surface area contributed by atoms with Crippen molar-refractivity contribution in [1.29, 1.82) is 0 Å². The minimum absolute atomic E-state index is 0.0208. The SMILES string of the molecule is CC(C)[C@H](N)C(=O)O.CCNc1nc(NC(C)C)nc(SC)n1. The summed E-state index contributed by atoms with van der Waals surface area (Å²) in [5.74, 6) is 0.341. The summed E-state index contributed by atoms with van der Waals surface area (Å²) in [5, 5.41) is 15.2. The summed E-state index contributed by atoms with van der Waals surface area (Å²) in [4.78, 5) is 22.8. The molecule has 0 amide bonds. The average molecular weight is 344 g/mol. The van der Waals surface area contributed by atoms with Gasteiger partial charge in [-0.05, 0) is 32.9 Å². The first-order chi connectivity index (χ1) is 10.7. The Morgan fingerprint density at radius 3 is 2.13 bits per heavy atom. The van der Waals surface area contributed by atoms with Gasteiger partial charge in [0, 0.05) is 12.6 Å². The van der Waals surface area contributed by atoms with Crippen LogP contribution in [0.5, 0.6) is 0 Å². The zero-order chi connectivity index (χ0) is 18.0. The van der Waals surface area contributed by atoms with Crippen LogP contribution in [0.1, 0.15) is 34.6 Å². The van der Waals surface area contributed by atoms with E-state index in [1.165, 1.54) is 11.8 Å². The third kappa shape index (κ3) is 9.19. The Labute approximate surface area is 142 Å². The van der Waals surface area contributed by atoms with E-state index in [0.29, 0.717) is 17.9 Å². The van der Waals surface area contributed by atoms with Gasteiger partial charge in [-0.2, -0.15) is 15.0 Å². The topological polar surface area (TPSA) is 126 Å². The summed E-state index contributed by atoms with van der Waals surface area (Å²) >= 11 is 1.51. The van der Waals surface area contributed by atoms with Gasteiger partial charge in [0.25, 0.3) is 0 Å². The Hall–Kier alpha value is -1.61. The van der Waals surface area contributed by atoms with E-state index in [2.05, 4.69) is 39.4 Å². The number of hydrogen-bond donors (Lipinski definition) is 4. The van der Waals surface area contributed by atoms with Crippen LogP contribution in [-0.4, -0.2) is 50.9 Å². The zero-order valence-corrected chi connectivity index (χ0v) is 15.4. The van der Waals surface area contributed by atoms with Crippen molar-refractivity contribution in [2.45, 2.75) is 51.9 Å². The molecule has 0 aliphatic carbocycles. The lowest BCUT2D eigenvalue weighted by Gasteiger charge is -2.10. The molecule has 0 aliphatic rings. The van der Waals surface area contributed by atoms with Crippen LogP contribution in [0.25, 0.3) is 0 Å². The number of aromatic nitrogens is 3. The van der Waals surface area contributed by atoms with Gasteiger partial charge in [0.15, 0.2) is 5.16 Å². The maximum absolute atomic E-state index is 10.0. The number of rotatable bonds is 7. The number of nitrogens with one attached hydrogen (secondary N) is 2. The van der Waals surface area contributed by atoms with Gasteiger partial charge in [0.2, 0.25) is 11.9 Å².